The van der Waals surface area contributed by atoms with Crippen LogP contribution in [0.15, 0.2) is 42.9 Å². The standard InChI is InChI=1S/C16H17N3O/c20-16(7-6-13-4-2-1-3-5-13)19-9-8-15-14(11-19)10-17-12-18-15/h1-5,10,12H,6-9,11H2. The Kier molecular flexibility index (Phi) is 3.72. The molecule has 1 aliphatic rings. The zero-order chi connectivity index (χ0) is 13.8. The summed E-state index contributed by atoms with van der Waals surface area (Å²) in [5, 5.41) is 0. The highest BCUT2D eigenvalue weighted by atomic mass is 16.2. The number of aryl methyl sites for hydroxylation is 1. The minimum Gasteiger partial charge on any atom is -0.338 e. The molecular formula is C16H17N3O. The van der Waals surface area contributed by atoms with Gasteiger partial charge in [-0.15, -0.1) is 0 Å². The van der Waals surface area contributed by atoms with Gasteiger partial charge in [-0.2, -0.15) is 0 Å². The molecule has 0 bridgehead atoms. The molecule has 0 radical (unpaired) electrons. The Morgan fingerprint density at radius 2 is 2.10 bits per heavy atom. The molecule has 3 rings (SSSR count). The van der Waals surface area contributed by atoms with Crippen LogP contribution >= 0.6 is 0 Å². The van der Waals surface area contributed by atoms with Gasteiger partial charge in [0.2, 0.25) is 5.91 Å². The van der Waals surface area contributed by atoms with Crippen molar-refractivity contribution in [2.75, 3.05) is 6.54 Å². The van der Waals surface area contributed by atoms with Crippen molar-refractivity contribution in [3.8, 4) is 0 Å². The summed E-state index contributed by atoms with van der Waals surface area (Å²) in [7, 11) is 0. The van der Waals surface area contributed by atoms with Crippen LogP contribution in [0.2, 0.25) is 0 Å². The normalized spacial score (nSPS) is 13.9. The third-order valence-electron chi connectivity index (χ3n) is 3.68. The van der Waals surface area contributed by atoms with Gasteiger partial charge in [-0.05, 0) is 12.0 Å². The summed E-state index contributed by atoms with van der Waals surface area (Å²) < 4.78 is 0. The molecular weight excluding hydrogens is 250 g/mol. The molecule has 0 atom stereocenters. The van der Waals surface area contributed by atoms with Crippen LogP contribution in [0, 0.1) is 0 Å². The molecule has 1 aromatic carbocycles. The SMILES string of the molecule is O=C(CCc1ccccc1)N1CCc2ncncc2C1. The summed E-state index contributed by atoms with van der Waals surface area (Å²) >= 11 is 0. The number of carbonyl (C=O) groups excluding carboxylic acids is 1. The summed E-state index contributed by atoms with van der Waals surface area (Å²) in [5.41, 5.74) is 3.36. The number of fused-ring (bicyclic) bond motifs is 1. The lowest BCUT2D eigenvalue weighted by Gasteiger charge is -2.27. The second-order valence-electron chi connectivity index (χ2n) is 5.05. The van der Waals surface area contributed by atoms with E-state index in [4.69, 9.17) is 0 Å². The van der Waals surface area contributed by atoms with Crippen LogP contribution < -0.4 is 0 Å². The average molecular weight is 267 g/mol. The number of benzene rings is 1. The fourth-order valence-electron chi connectivity index (χ4n) is 2.53. The highest BCUT2D eigenvalue weighted by molar-refractivity contribution is 5.76. The van der Waals surface area contributed by atoms with Crippen LogP contribution in [0.4, 0.5) is 0 Å². The topological polar surface area (TPSA) is 46.1 Å². The van der Waals surface area contributed by atoms with Gasteiger partial charge in [-0.25, -0.2) is 9.97 Å². The zero-order valence-electron chi connectivity index (χ0n) is 11.3. The molecule has 0 aliphatic carbocycles. The number of nitrogens with zero attached hydrogens (tertiary/aromatic N) is 3. The Bertz CT molecular complexity index is 598. The zero-order valence-corrected chi connectivity index (χ0v) is 11.3. The van der Waals surface area contributed by atoms with Gasteiger partial charge in [-0.3, -0.25) is 4.79 Å². The molecule has 1 aliphatic heterocycles. The van der Waals surface area contributed by atoms with Crippen molar-refractivity contribution in [1.82, 2.24) is 14.9 Å². The highest BCUT2D eigenvalue weighted by Gasteiger charge is 2.21. The number of aromatic nitrogens is 2. The lowest BCUT2D eigenvalue weighted by atomic mass is 10.1. The Labute approximate surface area is 118 Å². The Balaban J connectivity index is 1.59. The largest absolute Gasteiger partial charge is 0.338 e. The quantitative estimate of drug-likeness (QED) is 0.854. The predicted molar refractivity (Wildman–Crippen MR) is 75.9 cm³/mol. The number of rotatable bonds is 3. The third-order valence-corrected chi connectivity index (χ3v) is 3.68. The molecule has 1 amide bonds. The minimum atomic E-state index is 0.211. The van der Waals surface area contributed by atoms with Gasteiger partial charge in [0.1, 0.15) is 6.33 Å². The first kappa shape index (κ1) is 12.8. The molecule has 1 aromatic heterocycles. The van der Waals surface area contributed by atoms with E-state index in [1.807, 2.05) is 29.3 Å². The van der Waals surface area contributed by atoms with Crippen molar-refractivity contribution in [3.05, 3.63) is 59.7 Å². The van der Waals surface area contributed by atoms with Crippen molar-refractivity contribution >= 4 is 5.91 Å². The minimum absolute atomic E-state index is 0.211. The maximum Gasteiger partial charge on any atom is 0.223 e. The van der Waals surface area contributed by atoms with Crippen molar-refractivity contribution in [3.63, 3.8) is 0 Å². The second kappa shape index (κ2) is 5.82. The first-order valence-corrected chi connectivity index (χ1v) is 6.92. The summed E-state index contributed by atoms with van der Waals surface area (Å²) in [6.07, 6.45) is 5.58. The first-order chi connectivity index (χ1) is 9.83. The lowest BCUT2D eigenvalue weighted by Crippen LogP contribution is -2.36. The van der Waals surface area contributed by atoms with Gasteiger partial charge < -0.3 is 4.90 Å². The lowest BCUT2D eigenvalue weighted by molar-refractivity contribution is -0.132. The Morgan fingerprint density at radius 3 is 2.95 bits per heavy atom. The molecule has 0 unspecified atom stereocenters. The van der Waals surface area contributed by atoms with Gasteiger partial charge in [0, 0.05) is 37.7 Å². The molecule has 0 saturated heterocycles. The smallest absolute Gasteiger partial charge is 0.223 e. The summed E-state index contributed by atoms with van der Waals surface area (Å²) in [4.78, 5) is 22.5. The molecule has 0 N–H and O–H groups in total. The molecule has 0 fully saturated rings. The van der Waals surface area contributed by atoms with Crippen LogP contribution in [-0.4, -0.2) is 27.3 Å². The monoisotopic (exact) mass is 267 g/mol. The van der Waals surface area contributed by atoms with Gasteiger partial charge in [-0.1, -0.05) is 30.3 Å². The van der Waals surface area contributed by atoms with Gasteiger partial charge in [0.15, 0.2) is 0 Å². The van der Waals surface area contributed by atoms with E-state index in [0.29, 0.717) is 13.0 Å². The van der Waals surface area contributed by atoms with E-state index in [0.717, 1.165) is 30.6 Å². The average Bonchev–Trinajstić information content (AvgIpc) is 2.53. The van der Waals surface area contributed by atoms with E-state index in [-0.39, 0.29) is 5.91 Å². The Hall–Kier alpha value is -2.23. The van der Waals surface area contributed by atoms with Crippen molar-refractivity contribution in [1.29, 1.82) is 0 Å². The highest BCUT2D eigenvalue weighted by Crippen LogP contribution is 2.16. The van der Waals surface area contributed by atoms with E-state index in [2.05, 4.69) is 22.1 Å². The molecule has 4 heteroatoms. The van der Waals surface area contributed by atoms with E-state index in [1.165, 1.54) is 5.56 Å². The molecule has 0 spiro atoms. The fraction of sp³-hybridized carbons (Fsp3) is 0.312. The maximum absolute atomic E-state index is 12.3. The van der Waals surface area contributed by atoms with Gasteiger partial charge in [0.25, 0.3) is 0 Å². The number of hydrogen-bond acceptors (Lipinski definition) is 3. The predicted octanol–water partition coefficient (Wildman–Crippen LogP) is 1.99. The molecule has 102 valence electrons. The molecule has 20 heavy (non-hydrogen) atoms. The van der Waals surface area contributed by atoms with Crippen LogP contribution in [0.5, 0.6) is 0 Å². The van der Waals surface area contributed by atoms with E-state index < -0.39 is 0 Å². The van der Waals surface area contributed by atoms with Crippen LogP contribution in [-0.2, 0) is 24.2 Å². The van der Waals surface area contributed by atoms with Gasteiger partial charge >= 0.3 is 0 Å². The van der Waals surface area contributed by atoms with Crippen LogP contribution in [0.1, 0.15) is 23.2 Å². The second-order valence-corrected chi connectivity index (χ2v) is 5.05. The van der Waals surface area contributed by atoms with Crippen molar-refractivity contribution in [2.45, 2.75) is 25.8 Å². The fourth-order valence-corrected chi connectivity index (χ4v) is 2.53. The molecule has 4 nitrogen and oxygen atoms in total. The summed E-state index contributed by atoms with van der Waals surface area (Å²) in [5.74, 6) is 0.211. The van der Waals surface area contributed by atoms with E-state index >= 15 is 0 Å². The van der Waals surface area contributed by atoms with Gasteiger partial charge in [0.05, 0.1) is 5.69 Å². The first-order valence-electron chi connectivity index (χ1n) is 6.92. The Morgan fingerprint density at radius 1 is 1.25 bits per heavy atom. The maximum atomic E-state index is 12.3. The summed E-state index contributed by atoms with van der Waals surface area (Å²) in [6.45, 7) is 1.40. The number of carbonyl (C=O) groups is 1. The van der Waals surface area contributed by atoms with E-state index in [9.17, 15) is 4.79 Å². The third kappa shape index (κ3) is 2.85. The number of amides is 1. The van der Waals surface area contributed by atoms with Crippen molar-refractivity contribution in [2.24, 2.45) is 0 Å². The van der Waals surface area contributed by atoms with Crippen molar-refractivity contribution < 1.29 is 4.79 Å². The molecule has 0 saturated carbocycles. The molecule has 2 aromatic rings. The summed E-state index contributed by atoms with van der Waals surface area (Å²) in [6, 6.07) is 10.1. The molecule has 2 heterocycles. The number of hydrogen-bond donors (Lipinski definition) is 0. The van der Waals surface area contributed by atoms with Crippen LogP contribution in [0.25, 0.3) is 0 Å². The van der Waals surface area contributed by atoms with Crippen LogP contribution in [0.3, 0.4) is 0 Å². The van der Waals surface area contributed by atoms with E-state index in [1.54, 1.807) is 6.33 Å².